The molecule has 1 saturated heterocycles. The van der Waals surface area contributed by atoms with Gasteiger partial charge in [0.1, 0.15) is 0 Å². The van der Waals surface area contributed by atoms with E-state index in [-0.39, 0.29) is 24.1 Å². The zero-order valence-electron chi connectivity index (χ0n) is 13.0. The van der Waals surface area contributed by atoms with Crippen LogP contribution in [0.5, 0.6) is 0 Å². The van der Waals surface area contributed by atoms with E-state index in [4.69, 9.17) is 9.31 Å². The molecule has 1 aliphatic rings. The third-order valence-electron chi connectivity index (χ3n) is 4.28. The molecule has 0 saturated carbocycles. The van der Waals surface area contributed by atoms with E-state index >= 15 is 0 Å². The standard InChI is InChI=1S/C16H23BO3/c1-12-6-8-13(9-7-12)14(18)10-11-17-19-15(2,3)16(4,5)20-17/h6-9H,10-11H2,1-5H3. The molecule has 0 unspecified atom stereocenters. The second kappa shape index (κ2) is 5.34. The molecule has 0 spiro atoms. The zero-order chi connectivity index (χ0) is 15.0. The topological polar surface area (TPSA) is 35.5 Å². The van der Waals surface area contributed by atoms with Gasteiger partial charge in [0.25, 0.3) is 0 Å². The summed E-state index contributed by atoms with van der Waals surface area (Å²) in [6.45, 7) is 10.1. The summed E-state index contributed by atoms with van der Waals surface area (Å²) in [5, 5.41) is 0. The molecule has 1 fully saturated rings. The number of hydrogen-bond donors (Lipinski definition) is 0. The highest BCUT2D eigenvalue weighted by Gasteiger charge is 2.50. The van der Waals surface area contributed by atoms with E-state index in [9.17, 15) is 4.79 Å². The van der Waals surface area contributed by atoms with E-state index in [1.807, 2.05) is 58.9 Å². The highest BCUT2D eigenvalue weighted by atomic mass is 16.7. The fourth-order valence-electron chi connectivity index (χ4n) is 2.22. The minimum Gasteiger partial charge on any atom is -0.403 e. The van der Waals surface area contributed by atoms with Gasteiger partial charge in [0.05, 0.1) is 11.2 Å². The second-order valence-electron chi connectivity index (χ2n) is 6.51. The molecule has 0 radical (unpaired) electrons. The summed E-state index contributed by atoms with van der Waals surface area (Å²) >= 11 is 0. The van der Waals surface area contributed by atoms with Crippen molar-refractivity contribution in [2.75, 3.05) is 0 Å². The molecule has 1 heterocycles. The Morgan fingerprint density at radius 3 is 2.05 bits per heavy atom. The molecule has 0 aromatic heterocycles. The molecule has 2 rings (SSSR count). The molecular weight excluding hydrogens is 251 g/mol. The SMILES string of the molecule is Cc1ccc(C(=O)CCB2OC(C)(C)C(C)(C)O2)cc1. The Labute approximate surface area is 121 Å². The molecule has 3 nitrogen and oxygen atoms in total. The van der Waals surface area contributed by atoms with Gasteiger partial charge in [0, 0.05) is 12.0 Å². The van der Waals surface area contributed by atoms with Gasteiger partial charge in [-0.15, -0.1) is 0 Å². The third kappa shape index (κ3) is 3.13. The van der Waals surface area contributed by atoms with Crippen LogP contribution < -0.4 is 0 Å². The van der Waals surface area contributed by atoms with Crippen LogP contribution in [0, 0.1) is 6.92 Å². The average Bonchev–Trinajstić information content (AvgIpc) is 2.56. The van der Waals surface area contributed by atoms with Gasteiger partial charge in [-0.2, -0.15) is 0 Å². The lowest BCUT2D eigenvalue weighted by Crippen LogP contribution is -2.41. The maximum absolute atomic E-state index is 12.1. The molecule has 0 bridgehead atoms. The molecule has 0 aliphatic carbocycles. The van der Waals surface area contributed by atoms with Crippen LogP contribution in [0.2, 0.25) is 6.32 Å². The van der Waals surface area contributed by atoms with Crippen molar-refractivity contribution in [3.63, 3.8) is 0 Å². The van der Waals surface area contributed by atoms with Crippen molar-refractivity contribution < 1.29 is 14.1 Å². The van der Waals surface area contributed by atoms with Crippen molar-refractivity contribution in [1.82, 2.24) is 0 Å². The van der Waals surface area contributed by atoms with E-state index in [0.717, 1.165) is 11.1 Å². The van der Waals surface area contributed by atoms with Crippen molar-refractivity contribution in [3.8, 4) is 0 Å². The van der Waals surface area contributed by atoms with Gasteiger partial charge in [-0.1, -0.05) is 29.8 Å². The van der Waals surface area contributed by atoms with Gasteiger partial charge in [0.2, 0.25) is 0 Å². The first-order valence-electron chi connectivity index (χ1n) is 7.17. The summed E-state index contributed by atoms with van der Waals surface area (Å²) < 4.78 is 11.8. The number of carbonyl (C=O) groups is 1. The Bertz CT molecular complexity index is 475. The molecule has 1 aromatic rings. The van der Waals surface area contributed by atoms with Crippen LogP contribution in [0.4, 0.5) is 0 Å². The number of hydrogen-bond acceptors (Lipinski definition) is 3. The van der Waals surface area contributed by atoms with Gasteiger partial charge in [0.15, 0.2) is 5.78 Å². The first-order chi connectivity index (χ1) is 9.21. The third-order valence-corrected chi connectivity index (χ3v) is 4.28. The summed E-state index contributed by atoms with van der Waals surface area (Å²) in [6, 6.07) is 7.67. The van der Waals surface area contributed by atoms with Crippen LogP contribution in [0.3, 0.4) is 0 Å². The van der Waals surface area contributed by atoms with E-state index in [1.54, 1.807) is 0 Å². The van der Waals surface area contributed by atoms with Crippen LogP contribution in [-0.2, 0) is 9.31 Å². The van der Waals surface area contributed by atoms with Crippen LogP contribution in [-0.4, -0.2) is 24.1 Å². The van der Waals surface area contributed by atoms with Crippen LogP contribution in [0.15, 0.2) is 24.3 Å². The maximum Gasteiger partial charge on any atom is 0.458 e. The minimum absolute atomic E-state index is 0.139. The highest BCUT2D eigenvalue weighted by Crippen LogP contribution is 2.38. The van der Waals surface area contributed by atoms with Gasteiger partial charge in [-0.05, 0) is 40.9 Å². The molecule has 1 aromatic carbocycles. The molecule has 0 amide bonds. The molecule has 4 heteroatoms. The molecule has 0 N–H and O–H groups in total. The first-order valence-corrected chi connectivity index (χ1v) is 7.17. The van der Waals surface area contributed by atoms with Crippen LogP contribution in [0.25, 0.3) is 0 Å². The van der Waals surface area contributed by atoms with Gasteiger partial charge in [-0.25, -0.2) is 0 Å². The summed E-state index contributed by atoms with van der Waals surface area (Å²) in [5.74, 6) is 0.139. The number of carbonyl (C=O) groups excluding carboxylic acids is 1. The summed E-state index contributed by atoms with van der Waals surface area (Å²) in [6.07, 6.45) is 1.04. The fourth-order valence-corrected chi connectivity index (χ4v) is 2.22. The Kier molecular flexibility index (Phi) is 4.08. The lowest BCUT2D eigenvalue weighted by Gasteiger charge is -2.32. The quantitative estimate of drug-likeness (QED) is 0.621. The summed E-state index contributed by atoms with van der Waals surface area (Å²) in [5.41, 5.74) is 1.26. The monoisotopic (exact) mass is 274 g/mol. The van der Waals surface area contributed by atoms with Crippen molar-refractivity contribution in [3.05, 3.63) is 35.4 Å². The summed E-state index contributed by atoms with van der Waals surface area (Å²) in [7, 11) is -0.297. The van der Waals surface area contributed by atoms with Crippen LogP contribution >= 0.6 is 0 Å². The normalized spacial score (nSPS) is 20.1. The Morgan fingerprint density at radius 1 is 1.05 bits per heavy atom. The molecule has 108 valence electrons. The second-order valence-corrected chi connectivity index (χ2v) is 6.51. The molecule has 20 heavy (non-hydrogen) atoms. The largest absolute Gasteiger partial charge is 0.458 e. The van der Waals surface area contributed by atoms with Gasteiger partial charge < -0.3 is 9.31 Å². The van der Waals surface area contributed by atoms with Crippen molar-refractivity contribution >= 4 is 12.9 Å². The van der Waals surface area contributed by atoms with Crippen LogP contribution in [0.1, 0.15) is 50.0 Å². The van der Waals surface area contributed by atoms with Gasteiger partial charge in [-0.3, -0.25) is 4.79 Å². The van der Waals surface area contributed by atoms with Gasteiger partial charge >= 0.3 is 7.12 Å². The predicted octanol–water partition coefficient (Wildman–Crippen LogP) is 3.66. The lowest BCUT2D eigenvalue weighted by atomic mass is 9.81. The number of aryl methyl sites for hydroxylation is 1. The summed E-state index contributed by atoms with van der Waals surface area (Å²) in [4.78, 5) is 12.1. The fraction of sp³-hybridized carbons (Fsp3) is 0.562. The zero-order valence-corrected chi connectivity index (χ0v) is 13.0. The van der Waals surface area contributed by atoms with Crippen molar-refractivity contribution in [1.29, 1.82) is 0 Å². The van der Waals surface area contributed by atoms with Crippen molar-refractivity contribution in [2.45, 2.75) is 58.6 Å². The smallest absolute Gasteiger partial charge is 0.403 e. The average molecular weight is 274 g/mol. The van der Waals surface area contributed by atoms with E-state index < -0.39 is 0 Å². The van der Waals surface area contributed by atoms with E-state index in [2.05, 4.69) is 0 Å². The minimum atomic E-state index is -0.329. The number of Topliss-reactive ketones (excluding diaryl/α,β-unsaturated/α-hetero) is 1. The molecule has 0 atom stereocenters. The van der Waals surface area contributed by atoms with Crippen molar-refractivity contribution in [2.24, 2.45) is 0 Å². The number of benzene rings is 1. The Balaban J connectivity index is 1.91. The number of rotatable bonds is 4. The molecular formula is C16H23BO3. The number of ketones is 1. The van der Waals surface area contributed by atoms with E-state index in [1.165, 1.54) is 0 Å². The Hall–Kier alpha value is -1.13. The first kappa shape index (κ1) is 15.3. The molecule has 1 aliphatic heterocycles. The Morgan fingerprint density at radius 2 is 1.55 bits per heavy atom. The lowest BCUT2D eigenvalue weighted by molar-refractivity contribution is 0.00578. The van der Waals surface area contributed by atoms with E-state index in [0.29, 0.717) is 12.7 Å². The highest BCUT2D eigenvalue weighted by molar-refractivity contribution is 6.46. The maximum atomic E-state index is 12.1. The predicted molar refractivity (Wildman–Crippen MR) is 81.0 cm³/mol.